The Kier molecular flexibility index (Phi) is 2.99. The third kappa shape index (κ3) is 2.27. The second kappa shape index (κ2) is 4.43. The van der Waals surface area contributed by atoms with Crippen molar-refractivity contribution in [3.8, 4) is 0 Å². The van der Waals surface area contributed by atoms with E-state index in [0.29, 0.717) is 5.69 Å². The third-order valence-electron chi connectivity index (χ3n) is 2.38. The summed E-state index contributed by atoms with van der Waals surface area (Å²) in [6.45, 7) is 1.46. The normalized spacial score (nSPS) is 13.0. The number of anilines is 1. The number of hydrogen-bond donors (Lipinski definition) is 1. The molecule has 1 aromatic heterocycles. The van der Waals surface area contributed by atoms with Crippen molar-refractivity contribution in [3.63, 3.8) is 0 Å². The molecule has 0 saturated heterocycles. The Labute approximate surface area is 92.3 Å². The molecule has 0 saturated carbocycles. The fourth-order valence-corrected chi connectivity index (χ4v) is 1.49. The average Bonchev–Trinajstić information content (AvgIpc) is 2.28. The zero-order valence-corrected chi connectivity index (χ0v) is 8.82. The zero-order chi connectivity index (χ0) is 11.5. The maximum atomic E-state index is 12.4. The predicted octanol–water partition coefficient (Wildman–Crippen LogP) is 3.30. The van der Waals surface area contributed by atoms with Crippen LogP contribution in [0.2, 0.25) is 0 Å². The van der Waals surface area contributed by atoms with E-state index in [0.717, 1.165) is 10.9 Å². The molecular formula is C12H12F2N2. The largest absolute Gasteiger partial charge is 0.377 e. The highest BCUT2D eigenvalue weighted by Crippen LogP contribution is 2.18. The first-order valence-corrected chi connectivity index (χ1v) is 5.06. The third-order valence-corrected chi connectivity index (χ3v) is 2.38. The van der Waals surface area contributed by atoms with Crippen molar-refractivity contribution in [1.82, 2.24) is 4.98 Å². The van der Waals surface area contributed by atoms with Crippen molar-refractivity contribution in [1.29, 1.82) is 0 Å². The Bertz CT molecular complexity index is 485. The fourth-order valence-electron chi connectivity index (χ4n) is 1.49. The number of rotatable bonds is 3. The molecule has 4 heteroatoms. The molecule has 0 amide bonds. The van der Waals surface area contributed by atoms with Gasteiger partial charge in [0.15, 0.2) is 0 Å². The van der Waals surface area contributed by atoms with Gasteiger partial charge in [0.2, 0.25) is 0 Å². The minimum Gasteiger partial charge on any atom is -0.377 e. The minimum absolute atomic E-state index is 0.688. The van der Waals surface area contributed by atoms with E-state index < -0.39 is 12.5 Å². The van der Waals surface area contributed by atoms with Crippen LogP contribution in [0.25, 0.3) is 10.9 Å². The second-order valence-electron chi connectivity index (χ2n) is 3.68. The van der Waals surface area contributed by atoms with Crippen LogP contribution in [0.5, 0.6) is 0 Å². The number of aromatic nitrogens is 1. The number of nitrogens with zero attached hydrogens (tertiary/aromatic N) is 1. The van der Waals surface area contributed by atoms with Crippen molar-refractivity contribution in [2.45, 2.75) is 19.4 Å². The van der Waals surface area contributed by atoms with E-state index >= 15 is 0 Å². The molecule has 0 bridgehead atoms. The van der Waals surface area contributed by atoms with Crippen LogP contribution in [0, 0.1) is 0 Å². The highest BCUT2D eigenvalue weighted by atomic mass is 19.3. The summed E-state index contributed by atoms with van der Waals surface area (Å²) in [5, 5.41) is 3.69. The quantitative estimate of drug-likeness (QED) is 0.861. The highest BCUT2D eigenvalue weighted by Gasteiger charge is 2.13. The summed E-state index contributed by atoms with van der Waals surface area (Å²) in [5.74, 6) is 0. The molecule has 0 aliphatic heterocycles. The molecule has 1 N–H and O–H groups in total. The number of benzene rings is 1. The SMILES string of the molecule is CC(Nc1ccc2ncccc2c1)C(F)F. The Balaban J connectivity index is 2.26. The Morgan fingerprint density at radius 1 is 1.25 bits per heavy atom. The minimum atomic E-state index is -2.37. The summed E-state index contributed by atoms with van der Waals surface area (Å²) in [7, 11) is 0. The molecule has 2 aromatic rings. The van der Waals surface area contributed by atoms with Crippen molar-refractivity contribution in [3.05, 3.63) is 36.5 Å². The van der Waals surface area contributed by atoms with Gasteiger partial charge in [-0.2, -0.15) is 0 Å². The van der Waals surface area contributed by atoms with E-state index in [-0.39, 0.29) is 0 Å². The van der Waals surface area contributed by atoms with E-state index in [1.165, 1.54) is 6.92 Å². The molecule has 16 heavy (non-hydrogen) atoms. The van der Waals surface area contributed by atoms with Crippen LogP contribution in [0.3, 0.4) is 0 Å². The standard InChI is InChI=1S/C12H12F2N2/c1-8(12(13)14)16-10-4-5-11-9(7-10)3-2-6-15-11/h2-8,12,16H,1H3. The number of alkyl halides is 2. The van der Waals surface area contributed by atoms with Gasteiger partial charge in [-0.25, -0.2) is 8.78 Å². The molecule has 84 valence electrons. The predicted molar refractivity (Wildman–Crippen MR) is 60.8 cm³/mol. The second-order valence-corrected chi connectivity index (χ2v) is 3.68. The van der Waals surface area contributed by atoms with Crippen LogP contribution in [0.4, 0.5) is 14.5 Å². The number of fused-ring (bicyclic) bond motifs is 1. The number of nitrogens with one attached hydrogen (secondary N) is 1. The highest BCUT2D eigenvalue weighted by molar-refractivity contribution is 5.82. The summed E-state index contributed by atoms with van der Waals surface area (Å²) in [6.07, 6.45) is -0.665. The van der Waals surface area contributed by atoms with Crippen LogP contribution in [-0.2, 0) is 0 Å². The van der Waals surface area contributed by atoms with E-state index in [2.05, 4.69) is 10.3 Å². The zero-order valence-electron chi connectivity index (χ0n) is 8.82. The lowest BCUT2D eigenvalue weighted by atomic mass is 10.2. The molecular weight excluding hydrogens is 210 g/mol. The van der Waals surface area contributed by atoms with Crippen LogP contribution in [0.15, 0.2) is 36.5 Å². The first-order chi connectivity index (χ1) is 7.66. The molecule has 2 rings (SSSR count). The molecule has 1 heterocycles. The lowest BCUT2D eigenvalue weighted by molar-refractivity contribution is 0.131. The van der Waals surface area contributed by atoms with Crippen LogP contribution >= 0.6 is 0 Å². The van der Waals surface area contributed by atoms with Gasteiger partial charge in [0, 0.05) is 17.3 Å². The monoisotopic (exact) mass is 222 g/mol. The fraction of sp³-hybridized carbons (Fsp3) is 0.250. The molecule has 0 spiro atoms. The number of pyridine rings is 1. The molecule has 1 aromatic carbocycles. The van der Waals surface area contributed by atoms with Gasteiger partial charge in [-0.05, 0) is 31.2 Å². The Morgan fingerprint density at radius 3 is 2.81 bits per heavy atom. The first kappa shape index (κ1) is 10.8. The summed E-state index contributed by atoms with van der Waals surface area (Å²) in [6, 6.07) is 8.27. The summed E-state index contributed by atoms with van der Waals surface area (Å²) < 4.78 is 24.7. The maximum absolute atomic E-state index is 12.4. The molecule has 1 atom stereocenters. The van der Waals surface area contributed by atoms with Gasteiger partial charge in [0.1, 0.15) is 0 Å². The van der Waals surface area contributed by atoms with E-state index in [9.17, 15) is 8.78 Å². The molecule has 0 aliphatic rings. The van der Waals surface area contributed by atoms with E-state index in [1.54, 1.807) is 12.3 Å². The molecule has 0 fully saturated rings. The van der Waals surface area contributed by atoms with Gasteiger partial charge >= 0.3 is 0 Å². The Morgan fingerprint density at radius 2 is 2.06 bits per heavy atom. The summed E-state index contributed by atoms with van der Waals surface area (Å²) in [5.41, 5.74) is 1.55. The number of hydrogen-bond acceptors (Lipinski definition) is 2. The lowest BCUT2D eigenvalue weighted by Crippen LogP contribution is -2.23. The van der Waals surface area contributed by atoms with Gasteiger partial charge in [-0.1, -0.05) is 6.07 Å². The van der Waals surface area contributed by atoms with Crippen molar-refractivity contribution < 1.29 is 8.78 Å². The summed E-state index contributed by atoms with van der Waals surface area (Å²) >= 11 is 0. The topological polar surface area (TPSA) is 24.9 Å². The smallest absolute Gasteiger partial charge is 0.258 e. The lowest BCUT2D eigenvalue weighted by Gasteiger charge is -2.14. The van der Waals surface area contributed by atoms with Crippen molar-refractivity contribution >= 4 is 16.6 Å². The molecule has 0 aliphatic carbocycles. The first-order valence-electron chi connectivity index (χ1n) is 5.06. The molecule has 2 nitrogen and oxygen atoms in total. The van der Waals surface area contributed by atoms with E-state index in [1.807, 2.05) is 24.3 Å². The van der Waals surface area contributed by atoms with Gasteiger partial charge in [0.25, 0.3) is 6.43 Å². The average molecular weight is 222 g/mol. The number of halogens is 2. The van der Waals surface area contributed by atoms with Crippen LogP contribution in [0.1, 0.15) is 6.92 Å². The van der Waals surface area contributed by atoms with Crippen molar-refractivity contribution in [2.24, 2.45) is 0 Å². The van der Waals surface area contributed by atoms with Crippen LogP contribution in [-0.4, -0.2) is 17.5 Å². The maximum Gasteiger partial charge on any atom is 0.258 e. The summed E-state index contributed by atoms with van der Waals surface area (Å²) in [4.78, 5) is 4.16. The van der Waals surface area contributed by atoms with Gasteiger partial charge < -0.3 is 5.32 Å². The molecule has 0 radical (unpaired) electrons. The van der Waals surface area contributed by atoms with Gasteiger partial charge in [0.05, 0.1) is 11.6 Å². The molecule has 1 unspecified atom stereocenters. The van der Waals surface area contributed by atoms with Crippen molar-refractivity contribution in [2.75, 3.05) is 5.32 Å². The van der Waals surface area contributed by atoms with Gasteiger partial charge in [-0.3, -0.25) is 4.98 Å². The Hall–Kier alpha value is -1.71. The van der Waals surface area contributed by atoms with Crippen LogP contribution < -0.4 is 5.32 Å². The van der Waals surface area contributed by atoms with E-state index in [4.69, 9.17) is 0 Å². The van der Waals surface area contributed by atoms with Gasteiger partial charge in [-0.15, -0.1) is 0 Å².